The van der Waals surface area contributed by atoms with Crippen LogP contribution in [0.3, 0.4) is 0 Å². The van der Waals surface area contributed by atoms with E-state index < -0.39 is 0 Å². The van der Waals surface area contributed by atoms with Crippen LogP contribution in [0.25, 0.3) is 11.4 Å². The van der Waals surface area contributed by atoms with E-state index in [1.54, 1.807) is 0 Å². The molecule has 1 aliphatic rings. The van der Waals surface area contributed by atoms with Gasteiger partial charge in [-0.15, -0.1) is 0 Å². The normalized spacial score (nSPS) is 20.4. The van der Waals surface area contributed by atoms with E-state index in [4.69, 9.17) is 9.51 Å². The van der Waals surface area contributed by atoms with Crippen LogP contribution in [-0.2, 0) is 11.8 Å². The van der Waals surface area contributed by atoms with Gasteiger partial charge in [-0.1, -0.05) is 80.5 Å². The predicted molar refractivity (Wildman–Crippen MR) is 130 cm³/mol. The lowest BCUT2D eigenvalue weighted by Crippen LogP contribution is -2.30. The van der Waals surface area contributed by atoms with Crippen LogP contribution in [0, 0.1) is 11.8 Å². The Morgan fingerprint density at radius 1 is 0.938 bits per heavy atom. The lowest BCUT2D eigenvalue weighted by atomic mass is 9.75. The smallest absolute Gasteiger partial charge is 0.227 e. The quantitative estimate of drug-likeness (QED) is 0.436. The maximum atomic E-state index is 5.63. The fraction of sp³-hybridized carbons (Fsp3) is 0.500. The molecule has 1 atom stereocenters. The number of hydrogen-bond acceptors (Lipinski definition) is 4. The Balaban J connectivity index is 1.35. The van der Waals surface area contributed by atoms with Gasteiger partial charge in [0.05, 0.1) is 0 Å². The second kappa shape index (κ2) is 9.58. The molecule has 1 unspecified atom stereocenters. The average Bonchev–Trinajstić information content (AvgIpc) is 3.24. The van der Waals surface area contributed by atoms with Crippen molar-refractivity contribution in [1.29, 1.82) is 0 Å². The summed E-state index contributed by atoms with van der Waals surface area (Å²) >= 11 is 0. The van der Waals surface area contributed by atoms with E-state index in [2.05, 4.69) is 99.5 Å². The Labute approximate surface area is 193 Å². The summed E-state index contributed by atoms with van der Waals surface area (Å²) < 4.78 is 5.63. The second-order valence-electron chi connectivity index (χ2n) is 10.6. The highest BCUT2D eigenvalue weighted by atomic mass is 16.5. The topological polar surface area (TPSA) is 42.2 Å². The summed E-state index contributed by atoms with van der Waals surface area (Å²) in [6.45, 7) is 6.68. The Morgan fingerprint density at radius 2 is 1.59 bits per heavy atom. The molecule has 32 heavy (non-hydrogen) atoms. The maximum absolute atomic E-state index is 5.63. The molecule has 1 aliphatic carbocycles. The Kier molecular flexibility index (Phi) is 6.80. The number of hydrogen-bond donors (Lipinski definition) is 0. The molecule has 0 radical (unpaired) electrons. The van der Waals surface area contributed by atoms with Crippen molar-refractivity contribution in [3.63, 3.8) is 0 Å². The van der Waals surface area contributed by atoms with E-state index in [0.29, 0.717) is 23.7 Å². The molecule has 0 bridgehead atoms. The molecule has 170 valence electrons. The highest BCUT2D eigenvalue weighted by Gasteiger charge is 2.30. The van der Waals surface area contributed by atoms with Gasteiger partial charge in [0, 0.05) is 18.0 Å². The van der Waals surface area contributed by atoms with Gasteiger partial charge in [-0.3, -0.25) is 0 Å². The first-order valence-electron chi connectivity index (χ1n) is 12.0. The highest BCUT2D eigenvalue weighted by molar-refractivity contribution is 5.55. The van der Waals surface area contributed by atoms with Gasteiger partial charge in [0.25, 0.3) is 0 Å². The van der Waals surface area contributed by atoms with Crippen molar-refractivity contribution in [3.8, 4) is 11.4 Å². The molecular formula is C28H37N3O. The van der Waals surface area contributed by atoms with Crippen molar-refractivity contribution >= 4 is 0 Å². The van der Waals surface area contributed by atoms with Gasteiger partial charge in [0.15, 0.2) is 0 Å². The zero-order chi connectivity index (χ0) is 22.7. The third kappa shape index (κ3) is 5.29. The number of nitrogens with zero attached hydrogens (tertiary/aromatic N) is 3. The van der Waals surface area contributed by atoms with Gasteiger partial charge in [0.2, 0.25) is 11.7 Å². The van der Waals surface area contributed by atoms with Crippen LogP contribution < -0.4 is 0 Å². The summed E-state index contributed by atoms with van der Waals surface area (Å²) in [5, 5.41) is 4.26. The van der Waals surface area contributed by atoms with Crippen molar-refractivity contribution in [2.75, 3.05) is 14.1 Å². The summed E-state index contributed by atoms with van der Waals surface area (Å²) in [6.07, 6.45) is 5.83. The van der Waals surface area contributed by atoms with E-state index in [9.17, 15) is 0 Å². The van der Waals surface area contributed by atoms with Crippen molar-refractivity contribution in [1.82, 2.24) is 15.0 Å². The first-order chi connectivity index (χ1) is 15.3. The third-order valence-corrected chi connectivity index (χ3v) is 6.98. The van der Waals surface area contributed by atoms with Crippen LogP contribution >= 0.6 is 0 Å². The minimum absolute atomic E-state index is 0.145. The van der Waals surface area contributed by atoms with Crippen molar-refractivity contribution in [2.24, 2.45) is 11.8 Å². The molecule has 1 fully saturated rings. The molecular weight excluding hydrogens is 394 g/mol. The zero-order valence-corrected chi connectivity index (χ0v) is 20.2. The molecule has 1 heterocycles. The summed E-state index contributed by atoms with van der Waals surface area (Å²) in [4.78, 5) is 7.09. The minimum Gasteiger partial charge on any atom is -0.339 e. The first-order valence-corrected chi connectivity index (χ1v) is 12.0. The molecule has 4 rings (SSSR count). The van der Waals surface area contributed by atoms with E-state index in [1.807, 2.05) is 0 Å². The minimum atomic E-state index is 0.145. The Hall–Kier alpha value is -2.46. The van der Waals surface area contributed by atoms with Crippen molar-refractivity contribution in [2.45, 2.75) is 64.3 Å². The standard InChI is InChI=1S/C28H37N3O/c1-28(2,3)24-17-15-23(16-18-24)27-29-25(32-30-27)19-20-11-13-22(14-12-20)26(31(4)5)21-9-7-6-8-10-21/h6-10,15-18,20,22,26H,11-14,19H2,1-5H3. The van der Waals surface area contributed by atoms with Crippen molar-refractivity contribution in [3.05, 3.63) is 71.6 Å². The van der Waals surface area contributed by atoms with Gasteiger partial charge in [0.1, 0.15) is 0 Å². The van der Waals surface area contributed by atoms with Crippen molar-refractivity contribution < 1.29 is 4.52 Å². The second-order valence-corrected chi connectivity index (χ2v) is 10.6. The van der Waals surface area contributed by atoms with Gasteiger partial charge >= 0.3 is 0 Å². The molecule has 1 saturated carbocycles. The molecule has 0 spiro atoms. The van der Waals surface area contributed by atoms with Crippen LogP contribution in [0.1, 0.15) is 69.5 Å². The first kappa shape index (κ1) is 22.7. The molecule has 0 N–H and O–H groups in total. The van der Waals surface area contributed by atoms with Crippen LogP contribution in [0.4, 0.5) is 0 Å². The van der Waals surface area contributed by atoms with Crippen LogP contribution in [-0.4, -0.2) is 29.1 Å². The van der Waals surface area contributed by atoms with E-state index in [-0.39, 0.29) is 5.41 Å². The zero-order valence-electron chi connectivity index (χ0n) is 20.2. The number of benzene rings is 2. The third-order valence-electron chi connectivity index (χ3n) is 6.98. The molecule has 4 nitrogen and oxygen atoms in total. The molecule has 4 heteroatoms. The van der Waals surface area contributed by atoms with Crippen LogP contribution in [0.5, 0.6) is 0 Å². The Bertz CT molecular complexity index is 978. The van der Waals surface area contributed by atoms with Crippen LogP contribution in [0.15, 0.2) is 59.1 Å². The molecule has 0 amide bonds. The number of rotatable bonds is 6. The summed E-state index contributed by atoms with van der Waals surface area (Å²) in [5.41, 5.74) is 3.91. The fourth-order valence-electron chi connectivity index (χ4n) is 5.17. The monoisotopic (exact) mass is 431 g/mol. The average molecular weight is 432 g/mol. The fourth-order valence-corrected chi connectivity index (χ4v) is 5.17. The summed E-state index contributed by atoms with van der Waals surface area (Å²) in [7, 11) is 4.41. The maximum Gasteiger partial charge on any atom is 0.227 e. The van der Waals surface area contributed by atoms with Gasteiger partial charge in [-0.25, -0.2) is 0 Å². The van der Waals surface area contributed by atoms with E-state index in [0.717, 1.165) is 17.9 Å². The molecule has 3 aromatic rings. The van der Waals surface area contributed by atoms with Gasteiger partial charge in [-0.2, -0.15) is 4.98 Å². The number of aromatic nitrogens is 2. The lowest BCUT2D eigenvalue weighted by Gasteiger charge is -2.37. The largest absolute Gasteiger partial charge is 0.339 e. The van der Waals surface area contributed by atoms with Gasteiger partial charge < -0.3 is 9.42 Å². The Morgan fingerprint density at radius 3 is 2.19 bits per heavy atom. The van der Waals surface area contributed by atoms with E-state index >= 15 is 0 Å². The van der Waals surface area contributed by atoms with E-state index in [1.165, 1.54) is 36.8 Å². The summed E-state index contributed by atoms with van der Waals surface area (Å²) in [5.74, 6) is 2.80. The molecule has 0 saturated heterocycles. The molecule has 1 aromatic heterocycles. The highest BCUT2D eigenvalue weighted by Crippen LogP contribution is 2.40. The summed E-state index contributed by atoms with van der Waals surface area (Å²) in [6, 6.07) is 20.0. The van der Waals surface area contributed by atoms with Crippen LogP contribution in [0.2, 0.25) is 0 Å². The predicted octanol–water partition coefficient (Wildman–Crippen LogP) is 6.69. The lowest BCUT2D eigenvalue weighted by molar-refractivity contribution is 0.146. The molecule has 0 aliphatic heterocycles. The van der Waals surface area contributed by atoms with Gasteiger partial charge in [-0.05, 0) is 68.2 Å². The molecule has 2 aromatic carbocycles. The SMILES string of the molecule is CN(C)C(c1ccccc1)C1CCC(Cc2nc(-c3ccc(C(C)(C)C)cc3)no2)CC1.